The molecule has 0 aliphatic heterocycles. The summed E-state index contributed by atoms with van der Waals surface area (Å²) in [6, 6.07) is 8.63. The van der Waals surface area contributed by atoms with Crippen molar-refractivity contribution in [2.45, 2.75) is 12.8 Å². The molecule has 0 spiro atoms. The molecule has 3 aromatic rings. The first kappa shape index (κ1) is 16.1. The monoisotopic (exact) mass is 347 g/mol. The first-order chi connectivity index (χ1) is 11.5. The van der Waals surface area contributed by atoms with Gasteiger partial charge in [0, 0.05) is 23.1 Å². The number of rotatable bonds is 6. The molecule has 8 heteroatoms. The number of ether oxygens (including phenoxy) is 1. The zero-order chi connectivity index (χ0) is 17.1. The highest BCUT2D eigenvalue weighted by Crippen LogP contribution is 2.21. The Morgan fingerprint density at radius 2 is 2.21 bits per heavy atom. The molecule has 2 N–H and O–H groups in total. The maximum atomic E-state index is 12.2. The average Bonchev–Trinajstić information content (AvgIpc) is 2.95. The zero-order valence-electron chi connectivity index (χ0n) is 12.5. The number of benzene rings is 1. The Hall–Kier alpha value is -2.80. The quantitative estimate of drug-likeness (QED) is 0.668. The molecule has 2 heterocycles. The molecule has 24 heavy (non-hydrogen) atoms. The third-order valence-electron chi connectivity index (χ3n) is 3.37. The van der Waals surface area contributed by atoms with Crippen molar-refractivity contribution in [3.63, 3.8) is 0 Å². The fourth-order valence-electron chi connectivity index (χ4n) is 2.25. The minimum atomic E-state index is -0.879. The van der Waals surface area contributed by atoms with Crippen LogP contribution < -0.4 is 10.3 Å². The van der Waals surface area contributed by atoms with Gasteiger partial charge in [-0.3, -0.25) is 9.59 Å². The molecule has 0 amide bonds. The summed E-state index contributed by atoms with van der Waals surface area (Å²) < 4.78 is 6.82. The van der Waals surface area contributed by atoms with Crippen LogP contribution in [0.25, 0.3) is 16.8 Å². The highest BCUT2D eigenvalue weighted by molar-refractivity contribution is 6.30. The third-order valence-corrected chi connectivity index (χ3v) is 3.60. The SMILES string of the molecule is O=C(O)CCCOc1cc2c(=O)[nH]c(-c3cccc(Cl)c3)cn2n1. The second-order valence-corrected chi connectivity index (χ2v) is 5.60. The maximum absolute atomic E-state index is 12.2. The van der Waals surface area contributed by atoms with Crippen molar-refractivity contribution in [1.82, 2.24) is 14.6 Å². The molecular weight excluding hydrogens is 334 g/mol. The summed E-state index contributed by atoms with van der Waals surface area (Å²) in [6.07, 6.45) is 2.06. The lowest BCUT2D eigenvalue weighted by molar-refractivity contribution is -0.137. The number of H-pyrrole nitrogens is 1. The van der Waals surface area contributed by atoms with Gasteiger partial charge in [-0.05, 0) is 18.6 Å². The van der Waals surface area contributed by atoms with Crippen LogP contribution in [0.5, 0.6) is 5.88 Å². The molecule has 7 nitrogen and oxygen atoms in total. The van der Waals surface area contributed by atoms with Gasteiger partial charge in [-0.25, -0.2) is 4.52 Å². The van der Waals surface area contributed by atoms with Gasteiger partial charge in [-0.15, -0.1) is 5.10 Å². The first-order valence-electron chi connectivity index (χ1n) is 7.26. The lowest BCUT2D eigenvalue weighted by Gasteiger charge is -2.03. The number of hydrogen-bond acceptors (Lipinski definition) is 4. The summed E-state index contributed by atoms with van der Waals surface area (Å²) in [4.78, 5) is 25.5. The smallest absolute Gasteiger partial charge is 0.303 e. The predicted octanol–water partition coefficient (Wildman–Crippen LogP) is 2.59. The Morgan fingerprint density at radius 1 is 1.38 bits per heavy atom. The van der Waals surface area contributed by atoms with Crippen molar-refractivity contribution in [3.8, 4) is 17.1 Å². The lowest BCUT2D eigenvalue weighted by Crippen LogP contribution is -2.10. The molecule has 0 saturated heterocycles. The first-order valence-corrected chi connectivity index (χ1v) is 7.64. The number of aliphatic carboxylic acids is 1. The van der Waals surface area contributed by atoms with Gasteiger partial charge in [0.2, 0.25) is 5.88 Å². The number of aromatic nitrogens is 3. The molecule has 0 bridgehead atoms. The lowest BCUT2D eigenvalue weighted by atomic mass is 10.2. The molecular formula is C16H14ClN3O4. The number of aromatic amines is 1. The van der Waals surface area contributed by atoms with Gasteiger partial charge in [-0.2, -0.15) is 0 Å². The van der Waals surface area contributed by atoms with Gasteiger partial charge in [-0.1, -0.05) is 23.7 Å². The van der Waals surface area contributed by atoms with Crippen molar-refractivity contribution in [2.24, 2.45) is 0 Å². The number of fused-ring (bicyclic) bond motifs is 1. The summed E-state index contributed by atoms with van der Waals surface area (Å²) in [5.74, 6) is -0.606. The van der Waals surface area contributed by atoms with Crippen molar-refractivity contribution in [2.75, 3.05) is 6.61 Å². The van der Waals surface area contributed by atoms with Crippen LogP contribution in [0.3, 0.4) is 0 Å². The van der Waals surface area contributed by atoms with Crippen LogP contribution in [0.2, 0.25) is 5.02 Å². The number of hydrogen-bond donors (Lipinski definition) is 2. The van der Waals surface area contributed by atoms with Crippen LogP contribution in [0.4, 0.5) is 0 Å². The minimum absolute atomic E-state index is 0.0207. The van der Waals surface area contributed by atoms with E-state index in [9.17, 15) is 9.59 Å². The molecule has 3 rings (SSSR count). The van der Waals surface area contributed by atoms with Crippen LogP contribution >= 0.6 is 11.6 Å². The van der Waals surface area contributed by atoms with Gasteiger partial charge in [0.25, 0.3) is 5.56 Å². The maximum Gasteiger partial charge on any atom is 0.303 e. The molecule has 0 aliphatic carbocycles. The number of carboxylic acids is 1. The second kappa shape index (κ2) is 6.76. The standard InChI is InChI=1S/C16H14ClN3O4/c17-11-4-1-3-10(7-11)12-9-20-13(16(23)18-12)8-14(19-20)24-6-2-5-15(21)22/h1,3-4,7-9H,2,5-6H2,(H,18,23)(H,21,22). The van der Waals surface area contributed by atoms with E-state index in [2.05, 4.69) is 10.1 Å². The second-order valence-electron chi connectivity index (χ2n) is 5.17. The average molecular weight is 348 g/mol. The molecule has 0 atom stereocenters. The summed E-state index contributed by atoms with van der Waals surface area (Å²) >= 11 is 5.97. The number of carbonyl (C=O) groups is 1. The van der Waals surface area contributed by atoms with Crippen LogP contribution in [0.1, 0.15) is 12.8 Å². The van der Waals surface area contributed by atoms with E-state index >= 15 is 0 Å². The summed E-state index contributed by atoms with van der Waals surface area (Å²) in [5.41, 5.74) is 1.38. The number of nitrogens with zero attached hydrogens (tertiary/aromatic N) is 2. The Labute approximate surface area is 141 Å². The summed E-state index contributed by atoms with van der Waals surface area (Å²) in [5, 5.41) is 13.3. The Kier molecular flexibility index (Phi) is 4.52. The number of carboxylic acid groups (broad SMARTS) is 1. The van der Waals surface area contributed by atoms with E-state index in [0.29, 0.717) is 22.7 Å². The molecule has 0 unspecified atom stereocenters. The fourth-order valence-corrected chi connectivity index (χ4v) is 2.44. The van der Waals surface area contributed by atoms with Crippen LogP contribution in [-0.2, 0) is 4.79 Å². The molecule has 0 saturated carbocycles. The summed E-state index contributed by atoms with van der Waals surface area (Å²) in [6.45, 7) is 0.217. The largest absolute Gasteiger partial charge is 0.481 e. The highest BCUT2D eigenvalue weighted by atomic mass is 35.5. The van der Waals surface area contributed by atoms with E-state index in [1.807, 2.05) is 6.07 Å². The normalized spacial score (nSPS) is 10.9. The van der Waals surface area contributed by atoms with E-state index in [0.717, 1.165) is 5.56 Å². The molecule has 0 fully saturated rings. The number of halogens is 1. The van der Waals surface area contributed by atoms with Gasteiger partial charge in [0.05, 0.1) is 18.5 Å². The minimum Gasteiger partial charge on any atom is -0.481 e. The Morgan fingerprint density at radius 3 is 2.96 bits per heavy atom. The van der Waals surface area contributed by atoms with Crippen molar-refractivity contribution in [1.29, 1.82) is 0 Å². The molecule has 0 radical (unpaired) electrons. The highest BCUT2D eigenvalue weighted by Gasteiger charge is 2.09. The predicted molar refractivity (Wildman–Crippen MR) is 88.6 cm³/mol. The van der Waals surface area contributed by atoms with Gasteiger partial charge < -0.3 is 14.8 Å². The van der Waals surface area contributed by atoms with E-state index in [-0.39, 0.29) is 24.5 Å². The van der Waals surface area contributed by atoms with E-state index < -0.39 is 5.97 Å². The van der Waals surface area contributed by atoms with Crippen LogP contribution in [0.15, 0.2) is 41.3 Å². The van der Waals surface area contributed by atoms with Crippen LogP contribution in [-0.4, -0.2) is 32.3 Å². The Balaban J connectivity index is 1.86. The van der Waals surface area contributed by atoms with E-state index in [1.165, 1.54) is 10.6 Å². The molecule has 0 aliphatic rings. The third kappa shape index (κ3) is 3.57. The van der Waals surface area contributed by atoms with Gasteiger partial charge >= 0.3 is 5.97 Å². The van der Waals surface area contributed by atoms with Gasteiger partial charge in [0.15, 0.2) is 0 Å². The zero-order valence-corrected chi connectivity index (χ0v) is 13.3. The Bertz CT molecular complexity index is 948. The molecule has 124 valence electrons. The molecule has 2 aromatic heterocycles. The molecule has 1 aromatic carbocycles. The summed E-state index contributed by atoms with van der Waals surface area (Å²) in [7, 11) is 0. The van der Waals surface area contributed by atoms with Crippen molar-refractivity contribution < 1.29 is 14.6 Å². The van der Waals surface area contributed by atoms with E-state index in [4.69, 9.17) is 21.4 Å². The van der Waals surface area contributed by atoms with Crippen LogP contribution in [0, 0.1) is 0 Å². The van der Waals surface area contributed by atoms with Crippen molar-refractivity contribution in [3.05, 3.63) is 51.9 Å². The van der Waals surface area contributed by atoms with E-state index in [1.54, 1.807) is 24.4 Å². The van der Waals surface area contributed by atoms with Crippen molar-refractivity contribution >= 4 is 23.1 Å². The van der Waals surface area contributed by atoms with Gasteiger partial charge in [0.1, 0.15) is 5.52 Å². The fraction of sp³-hybridized carbons (Fsp3) is 0.188. The topological polar surface area (TPSA) is 96.7 Å². The number of nitrogens with one attached hydrogen (secondary N) is 1.